The molecule has 0 atom stereocenters. The highest BCUT2D eigenvalue weighted by Gasteiger charge is 2.20. The van der Waals surface area contributed by atoms with E-state index in [-0.39, 0.29) is 10.7 Å². The number of aryl methyl sites for hydroxylation is 1. The predicted molar refractivity (Wildman–Crippen MR) is 76.8 cm³/mol. The Morgan fingerprint density at radius 3 is 2.53 bits per heavy atom. The summed E-state index contributed by atoms with van der Waals surface area (Å²) < 4.78 is 2.51. The molecule has 0 saturated carbocycles. The second-order valence-electron chi connectivity index (χ2n) is 4.06. The van der Waals surface area contributed by atoms with Gasteiger partial charge in [-0.1, -0.05) is 46.6 Å². The lowest BCUT2D eigenvalue weighted by molar-refractivity contribution is 0.0696. The molecule has 0 aliphatic carbocycles. The molecular formula is C13H12BrClN2O2. The lowest BCUT2D eigenvalue weighted by Gasteiger charge is -2.03. The first-order chi connectivity index (χ1) is 9.02. The van der Waals surface area contributed by atoms with Crippen molar-refractivity contribution in [3.63, 3.8) is 0 Å². The smallest absolute Gasteiger partial charge is 0.340 e. The van der Waals surface area contributed by atoms with Gasteiger partial charge >= 0.3 is 5.97 Å². The minimum atomic E-state index is -1.04. The van der Waals surface area contributed by atoms with E-state index in [0.717, 1.165) is 10.0 Å². The van der Waals surface area contributed by atoms with Crippen LogP contribution >= 0.6 is 27.5 Å². The van der Waals surface area contributed by atoms with E-state index >= 15 is 0 Å². The topological polar surface area (TPSA) is 55.1 Å². The highest BCUT2D eigenvalue weighted by Crippen LogP contribution is 2.22. The molecule has 1 heterocycles. The number of halogens is 2. The number of hydrogen-bond acceptors (Lipinski definition) is 2. The van der Waals surface area contributed by atoms with Crippen LogP contribution in [0.1, 0.15) is 28.5 Å². The summed E-state index contributed by atoms with van der Waals surface area (Å²) in [5, 5.41) is 13.6. The summed E-state index contributed by atoms with van der Waals surface area (Å²) in [5.41, 5.74) is 1.61. The van der Waals surface area contributed by atoms with Crippen LogP contribution in [0, 0.1) is 0 Å². The maximum atomic E-state index is 11.2. The Balaban J connectivity index is 2.35. The maximum absolute atomic E-state index is 11.2. The highest BCUT2D eigenvalue weighted by atomic mass is 79.9. The standard InChI is InChI=1S/C13H12BrClN2O2/c1-2-10-11(13(18)19)12(15)17(16-10)7-8-3-5-9(14)6-4-8/h3-6H,2,7H2,1H3,(H,18,19). The predicted octanol–water partition coefficient (Wildman–Crippen LogP) is 3.61. The minimum Gasteiger partial charge on any atom is -0.478 e. The van der Waals surface area contributed by atoms with Crippen LogP contribution in [0.3, 0.4) is 0 Å². The molecule has 2 rings (SSSR count). The van der Waals surface area contributed by atoms with Crippen molar-refractivity contribution in [3.8, 4) is 0 Å². The quantitative estimate of drug-likeness (QED) is 0.922. The van der Waals surface area contributed by atoms with Gasteiger partial charge in [-0.05, 0) is 24.1 Å². The Labute approximate surface area is 124 Å². The zero-order chi connectivity index (χ0) is 14.0. The molecule has 4 nitrogen and oxygen atoms in total. The van der Waals surface area contributed by atoms with Crippen molar-refractivity contribution in [2.75, 3.05) is 0 Å². The van der Waals surface area contributed by atoms with Crippen LogP contribution in [-0.4, -0.2) is 20.9 Å². The van der Waals surface area contributed by atoms with E-state index in [1.165, 1.54) is 4.68 Å². The van der Waals surface area contributed by atoms with Crippen LogP contribution in [0.15, 0.2) is 28.7 Å². The summed E-state index contributed by atoms with van der Waals surface area (Å²) >= 11 is 9.46. The van der Waals surface area contributed by atoms with E-state index in [0.29, 0.717) is 18.7 Å². The largest absolute Gasteiger partial charge is 0.478 e. The molecule has 0 saturated heterocycles. The second-order valence-corrected chi connectivity index (χ2v) is 5.33. The van der Waals surface area contributed by atoms with E-state index in [1.54, 1.807) is 0 Å². The van der Waals surface area contributed by atoms with Gasteiger partial charge in [0, 0.05) is 4.47 Å². The van der Waals surface area contributed by atoms with Gasteiger partial charge in [0.15, 0.2) is 0 Å². The van der Waals surface area contributed by atoms with Crippen molar-refractivity contribution in [2.45, 2.75) is 19.9 Å². The number of hydrogen-bond donors (Lipinski definition) is 1. The fraction of sp³-hybridized carbons (Fsp3) is 0.231. The molecule has 0 amide bonds. The van der Waals surface area contributed by atoms with E-state index in [1.807, 2.05) is 31.2 Å². The molecule has 1 aromatic heterocycles. The lowest BCUT2D eigenvalue weighted by Crippen LogP contribution is -2.03. The van der Waals surface area contributed by atoms with Crippen molar-refractivity contribution in [3.05, 3.63) is 50.7 Å². The Bertz CT molecular complexity index is 608. The summed E-state index contributed by atoms with van der Waals surface area (Å²) in [4.78, 5) is 11.2. The van der Waals surface area contributed by atoms with Crippen LogP contribution < -0.4 is 0 Å². The molecule has 2 aromatic rings. The number of rotatable bonds is 4. The van der Waals surface area contributed by atoms with Gasteiger partial charge in [0.25, 0.3) is 0 Å². The molecule has 0 unspecified atom stereocenters. The van der Waals surface area contributed by atoms with Gasteiger partial charge in [0.1, 0.15) is 10.7 Å². The third kappa shape index (κ3) is 2.98. The molecule has 0 bridgehead atoms. The Hall–Kier alpha value is -1.33. The first-order valence-electron chi connectivity index (χ1n) is 5.75. The van der Waals surface area contributed by atoms with Gasteiger partial charge in [0.05, 0.1) is 12.2 Å². The van der Waals surface area contributed by atoms with E-state index < -0.39 is 5.97 Å². The molecule has 19 heavy (non-hydrogen) atoms. The van der Waals surface area contributed by atoms with Crippen LogP contribution in [0.2, 0.25) is 5.15 Å². The summed E-state index contributed by atoms with van der Waals surface area (Å²) in [6.45, 7) is 2.31. The van der Waals surface area contributed by atoms with Crippen LogP contribution in [-0.2, 0) is 13.0 Å². The molecule has 0 spiro atoms. The lowest BCUT2D eigenvalue weighted by atomic mass is 10.2. The summed E-state index contributed by atoms with van der Waals surface area (Å²) in [6, 6.07) is 7.72. The molecule has 1 N–H and O–H groups in total. The third-order valence-corrected chi connectivity index (χ3v) is 3.67. The molecule has 6 heteroatoms. The first-order valence-corrected chi connectivity index (χ1v) is 6.93. The van der Waals surface area contributed by atoms with E-state index in [9.17, 15) is 4.79 Å². The molecule has 0 aliphatic rings. The van der Waals surface area contributed by atoms with Gasteiger partial charge in [0.2, 0.25) is 0 Å². The average Bonchev–Trinajstić information content (AvgIpc) is 2.69. The Morgan fingerprint density at radius 1 is 1.42 bits per heavy atom. The molecule has 0 radical (unpaired) electrons. The number of carboxylic acid groups (broad SMARTS) is 1. The monoisotopic (exact) mass is 342 g/mol. The summed E-state index contributed by atoms with van der Waals surface area (Å²) in [6.07, 6.45) is 0.536. The van der Waals surface area contributed by atoms with Crippen LogP contribution in [0.25, 0.3) is 0 Å². The zero-order valence-electron chi connectivity index (χ0n) is 10.2. The van der Waals surface area contributed by atoms with Gasteiger partial charge < -0.3 is 5.11 Å². The number of carbonyl (C=O) groups is 1. The second kappa shape index (κ2) is 5.75. The van der Waals surface area contributed by atoms with E-state index in [4.69, 9.17) is 16.7 Å². The SMILES string of the molecule is CCc1nn(Cc2ccc(Br)cc2)c(Cl)c1C(=O)O. The molecular weight excluding hydrogens is 332 g/mol. The Kier molecular flexibility index (Phi) is 4.27. The molecule has 0 aliphatic heterocycles. The summed E-state index contributed by atoms with van der Waals surface area (Å²) in [5.74, 6) is -1.04. The minimum absolute atomic E-state index is 0.0984. The van der Waals surface area contributed by atoms with Gasteiger partial charge in [-0.3, -0.25) is 0 Å². The molecule has 0 fully saturated rings. The number of aromatic nitrogens is 2. The molecule has 1 aromatic carbocycles. The fourth-order valence-electron chi connectivity index (χ4n) is 1.81. The number of benzene rings is 1. The van der Waals surface area contributed by atoms with Gasteiger partial charge in [-0.25, -0.2) is 9.48 Å². The van der Waals surface area contributed by atoms with Gasteiger partial charge in [-0.2, -0.15) is 5.10 Å². The molecule has 100 valence electrons. The average molecular weight is 344 g/mol. The fourth-order valence-corrected chi connectivity index (χ4v) is 2.37. The number of aromatic carboxylic acids is 1. The Morgan fingerprint density at radius 2 is 2.05 bits per heavy atom. The highest BCUT2D eigenvalue weighted by molar-refractivity contribution is 9.10. The number of nitrogens with zero attached hydrogens (tertiary/aromatic N) is 2. The van der Waals surface area contributed by atoms with Crippen molar-refractivity contribution in [1.29, 1.82) is 0 Å². The van der Waals surface area contributed by atoms with Crippen molar-refractivity contribution in [2.24, 2.45) is 0 Å². The maximum Gasteiger partial charge on any atom is 0.340 e. The first kappa shape index (κ1) is 14.1. The van der Waals surface area contributed by atoms with Crippen molar-refractivity contribution < 1.29 is 9.90 Å². The van der Waals surface area contributed by atoms with Crippen LogP contribution in [0.4, 0.5) is 0 Å². The van der Waals surface area contributed by atoms with Crippen molar-refractivity contribution in [1.82, 2.24) is 9.78 Å². The van der Waals surface area contributed by atoms with Crippen molar-refractivity contribution >= 4 is 33.5 Å². The third-order valence-electron chi connectivity index (χ3n) is 2.76. The number of carboxylic acids is 1. The summed E-state index contributed by atoms with van der Waals surface area (Å²) in [7, 11) is 0. The van der Waals surface area contributed by atoms with Gasteiger partial charge in [-0.15, -0.1) is 0 Å². The normalized spacial score (nSPS) is 10.7. The van der Waals surface area contributed by atoms with Crippen LogP contribution in [0.5, 0.6) is 0 Å². The van der Waals surface area contributed by atoms with E-state index in [2.05, 4.69) is 21.0 Å². The zero-order valence-corrected chi connectivity index (χ0v) is 12.6.